The molecule has 1 aromatic carbocycles. The molecule has 138 valence electrons. The first kappa shape index (κ1) is 17.5. The zero-order chi connectivity index (χ0) is 18.8. The second-order valence-electron chi connectivity index (χ2n) is 7.41. The Kier molecular flexibility index (Phi) is 4.75. The third-order valence-corrected chi connectivity index (χ3v) is 5.53. The Morgan fingerprint density at radius 1 is 1.15 bits per heavy atom. The number of pyridine rings is 1. The molecule has 2 bridgehead atoms. The number of hydrogen-bond acceptors (Lipinski definition) is 3. The molecule has 0 radical (unpaired) electrons. The van der Waals surface area contributed by atoms with Crippen molar-refractivity contribution in [2.45, 2.75) is 26.3 Å². The Hall–Kier alpha value is -2.95. The number of fused-ring (bicyclic) bond motifs is 2. The lowest BCUT2D eigenvalue weighted by Crippen LogP contribution is -2.27. The van der Waals surface area contributed by atoms with Gasteiger partial charge in [0.1, 0.15) is 0 Å². The molecule has 4 rings (SSSR count). The summed E-state index contributed by atoms with van der Waals surface area (Å²) in [5.74, 6) is 0.830. The summed E-state index contributed by atoms with van der Waals surface area (Å²) in [5, 5.41) is 5.91. The van der Waals surface area contributed by atoms with Crippen molar-refractivity contribution >= 4 is 17.5 Å². The minimum atomic E-state index is -0.181. The van der Waals surface area contributed by atoms with Gasteiger partial charge in [-0.1, -0.05) is 24.3 Å². The van der Waals surface area contributed by atoms with Gasteiger partial charge in [-0.2, -0.15) is 0 Å². The molecule has 0 saturated heterocycles. The van der Waals surface area contributed by atoms with E-state index < -0.39 is 0 Å². The van der Waals surface area contributed by atoms with Crippen LogP contribution in [0.25, 0.3) is 0 Å². The summed E-state index contributed by atoms with van der Waals surface area (Å²) in [4.78, 5) is 29.4. The summed E-state index contributed by atoms with van der Waals surface area (Å²) in [6.45, 7) is 2.30. The Morgan fingerprint density at radius 2 is 2.04 bits per heavy atom. The highest BCUT2D eigenvalue weighted by Crippen LogP contribution is 2.43. The Morgan fingerprint density at radius 3 is 2.74 bits per heavy atom. The van der Waals surface area contributed by atoms with Gasteiger partial charge in [-0.05, 0) is 61.4 Å². The van der Waals surface area contributed by atoms with Crippen LogP contribution in [0, 0.1) is 24.7 Å². The zero-order valence-corrected chi connectivity index (χ0v) is 15.3. The topological polar surface area (TPSA) is 71.1 Å². The van der Waals surface area contributed by atoms with Crippen molar-refractivity contribution in [3.05, 3.63) is 71.6 Å². The van der Waals surface area contributed by atoms with E-state index in [2.05, 4.69) is 27.8 Å². The number of rotatable bonds is 5. The van der Waals surface area contributed by atoms with E-state index in [0.717, 1.165) is 24.1 Å². The zero-order valence-electron chi connectivity index (χ0n) is 15.3. The second-order valence-corrected chi connectivity index (χ2v) is 7.41. The summed E-state index contributed by atoms with van der Waals surface area (Å²) in [7, 11) is 0. The first-order valence-corrected chi connectivity index (χ1v) is 9.38. The maximum atomic E-state index is 12.7. The Bertz CT molecular complexity index is 892. The Balaban J connectivity index is 1.42. The first-order valence-electron chi connectivity index (χ1n) is 9.38. The standard InChI is InChI=1S/C22H23N3O2/c1-14-5-7-17(21(26)24-13-18-4-2-3-9-23-18)12-20(14)25-22(27)19-11-15-6-8-16(19)10-15/h2-9,12,15-16,19H,10-11,13H2,1H3,(H,24,26)(H,25,27)/t15-,16+,19+/m1/s1. The van der Waals surface area contributed by atoms with Gasteiger partial charge in [-0.25, -0.2) is 0 Å². The molecule has 5 heteroatoms. The van der Waals surface area contributed by atoms with Crippen molar-refractivity contribution < 1.29 is 9.59 Å². The van der Waals surface area contributed by atoms with Crippen LogP contribution in [0.2, 0.25) is 0 Å². The number of hydrogen-bond donors (Lipinski definition) is 2. The van der Waals surface area contributed by atoms with Crippen LogP contribution < -0.4 is 10.6 Å². The molecule has 0 unspecified atom stereocenters. The van der Waals surface area contributed by atoms with Gasteiger partial charge in [-0.15, -0.1) is 0 Å². The monoisotopic (exact) mass is 361 g/mol. The average molecular weight is 361 g/mol. The first-order chi connectivity index (χ1) is 13.1. The molecule has 3 atom stereocenters. The van der Waals surface area contributed by atoms with Crippen LogP contribution in [0.5, 0.6) is 0 Å². The lowest BCUT2D eigenvalue weighted by atomic mass is 9.92. The predicted octanol–water partition coefficient (Wildman–Crippen LogP) is 3.47. The molecule has 1 saturated carbocycles. The normalized spacial score (nSPS) is 22.6. The number of anilines is 1. The Labute approximate surface area is 158 Å². The third-order valence-electron chi connectivity index (χ3n) is 5.53. The van der Waals surface area contributed by atoms with Gasteiger partial charge >= 0.3 is 0 Å². The van der Waals surface area contributed by atoms with Crippen molar-refractivity contribution in [1.29, 1.82) is 0 Å². The summed E-state index contributed by atoms with van der Waals surface area (Å²) in [6, 6.07) is 11.0. The number of carbonyl (C=O) groups is 2. The van der Waals surface area contributed by atoms with Crippen molar-refractivity contribution in [3.8, 4) is 0 Å². The summed E-state index contributed by atoms with van der Waals surface area (Å²) in [6.07, 6.45) is 8.12. The number of carbonyl (C=O) groups excluding carboxylic acids is 2. The van der Waals surface area contributed by atoms with Crippen LogP contribution in [0.15, 0.2) is 54.7 Å². The van der Waals surface area contributed by atoms with E-state index in [0.29, 0.717) is 29.6 Å². The number of allylic oxidation sites excluding steroid dienone is 2. The number of aryl methyl sites for hydroxylation is 1. The summed E-state index contributed by atoms with van der Waals surface area (Å²) in [5.41, 5.74) is 2.98. The maximum absolute atomic E-state index is 12.7. The highest BCUT2D eigenvalue weighted by molar-refractivity contribution is 5.98. The molecule has 2 amide bonds. The number of nitrogens with zero attached hydrogens (tertiary/aromatic N) is 1. The summed E-state index contributed by atoms with van der Waals surface area (Å²) >= 11 is 0. The minimum absolute atomic E-state index is 0.0426. The van der Waals surface area contributed by atoms with E-state index in [1.807, 2.05) is 31.2 Å². The molecule has 0 aliphatic heterocycles. The average Bonchev–Trinajstić information content (AvgIpc) is 3.32. The van der Waals surface area contributed by atoms with Crippen LogP contribution >= 0.6 is 0 Å². The molecule has 0 spiro atoms. The van der Waals surface area contributed by atoms with Crippen molar-refractivity contribution in [2.24, 2.45) is 17.8 Å². The van der Waals surface area contributed by atoms with Crippen LogP contribution in [0.3, 0.4) is 0 Å². The van der Waals surface area contributed by atoms with Gasteiger partial charge < -0.3 is 10.6 Å². The SMILES string of the molecule is Cc1ccc(C(=O)NCc2ccccn2)cc1NC(=O)[C@H]1C[C@@H]2C=C[C@H]1C2. The highest BCUT2D eigenvalue weighted by atomic mass is 16.2. The molecule has 1 heterocycles. The molecule has 2 aromatic rings. The van der Waals surface area contributed by atoms with Crippen molar-refractivity contribution in [3.63, 3.8) is 0 Å². The minimum Gasteiger partial charge on any atom is -0.346 e. The molecule has 5 nitrogen and oxygen atoms in total. The van der Waals surface area contributed by atoms with Crippen LogP contribution in [-0.2, 0) is 11.3 Å². The smallest absolute Gasteiger partial charge is 0.251 e. The molecular formula is C22H23N3O2. The van der Waals surface area contributed by atoms with Gasteiger partial charge in [-0.3, -0.25) is 14.6 Å². The maximum Gasteiger partial charge on any atom is 0.251 e. The molecule has 2 aliphatic carbocycles. The number of aromatic nitrogens is 1. The molecule has 2 aliphatic rings. The van der Waals surface area contributed by atoms with E-state index in [1.165, 1.54) is 0 Å². The van der Waals surface area contributed by atoms with Gasteiger partial charge in [0.15, 0.2) is 0 Å². The van der Waals surface area contributed by atoms with E-state index in [-0.39, 0.29) is 17.7 Å². The molecular weight excluding hydrogens is 338 g/mol. The highest BCUT2D eigenvalue weighted by Gasteiger charge is 2.39. The lowest BCUT2D eigenvalue weighted by molar-refractivity contribution is -0.120. The predicted molar refractivity (Wildman–Crippen MR) is 104 cm³/mol. The van der Waals surface area contributed by atoms with Gasteiger partial charge in [0.2, 0.25) is 5.91 Å². The van der Waals surface area contributed by atoms with Crippen molar-refractivity contribution in [2.75, 3.05) is 5.32 Å². The van der Waals surface area contributed by atoms with Crippen LogP contribution in [0.4, 0.5) is 5.69 Å². The largest absolute Gasteiger partial charge is 0.346 e. The molecule has 2 N–H and O–H groups in total. The second kappa shape index (κ2) is 7.35. The fraction of sp³-hybridized carbons (Fsp3) is 0.318. The van der Waals surface area contributed by atoms with Gasteiger partial charge in [0, 0.05) is 23.4 Å². The number of nitrogens with one attached hydrogen (secondary N) is 2. The molecule has 27 heavy (non-hydrogen) atoms. The van der Waals surface area contributed by atoms with Crippen LogP contribution in [-0.4, -0.2) is 16.8 Å². The van der Waals surface area contributed by atoms with Gasteiger partial charge in [0.25, 0.3) is 5.91 Å². The fourth-order valence-corrected chi connectivity index (χ4v) is 3.98. The summed E-state index contributed by atoms with van der Waals surface area (Å²) < 4.78 is 0. The van der Waals surface area contributed by atoms with E-state index in [4.69, 9.17) is 0 Å². The van der Waals surface area contributed by atoms with Crippen molar-refractivity contribution in [1.82, 2.24) is 10.3 Å². The number of benzene rings is 1. The third kappa shape index (κ3) is 3.77. The quantitative estimate of drug-likeness (QED) is 0.801. The number of amides is 2. The van der Waals surface area contributed by atoms with E-state index in [9.17, 15) is 9.59 Å². The molecule has 1 fully saturated rings. The lowest BCUT2D eigenvalue weighted by Gasteiger charge is -2.19. The van der Waals surface area contributed by atoms with Gasteiger partial charge in [0.05, 0.1) is 12.2 Å². The van der Waals surface area contributed by atoms with E-state index in [1.54, 1.807) is 18.3 Å². The van der Waals surface area contributed by atoms with Crippen LogP contribution in [0.1, 0.15) is 34.5 Å². The fourth-order valence-electron chi connectivity index (χ4n) is 3.98. The molecule has 1 aromatic heterocycles. The van der Waals surface area contributed by atoms with E-state index >= 15 is 0 Å².